The molecule has 0 aliphatic heterocycles. The molecule has 0 saturated heterocycles. The Morgan fingerprint density at radius 3 is 2.67 bits per heavy atom. The molecular formula is C16H19N3O2. The second-order valence-corrected chi connectivity index (χ2v) is 4.71. The van der Waals surface area contributed by atoms with E-state index in [0.29, 0.717) is 5.82 Å². The van der Waals surface area contributed by atoms with E-state index >= 15 is 0 Å². The Balaban J connectivity index is 2.06. The molecule has 0 bridgehead atoms. The van der Waals surface area contributed by atoms with Gasteiger partial charge in [-0.1, -0.05) is 25.5 Å². The Hall–Kier alpha value is -2.43. The van der Waals surface area contributed by atoms with Gasteiger partial charge in [-0.25, -0.2) is 9.78 Å². The van der Waals surface area contributed by atoms with Crippen molar-refractivity contribution >= 4 is 17.5 Å². The summed E-state index contributed by atoms with van der Waals surface area (Å²) in [4.78, 5) is 19.6. The van der Waals surface area contributed by atoms with E-state index in [-0.39, 0.29) is 5.69 Å². The molecule has 0 amide bonds. The van der Waals surface area contributed by atoms with Crippen LogP contribution in [0.4, 0.5) is 11.5 Å². The lowest BCUT2D eigenvalue weighted by molar-refractivity contribution is 0.0593. The van der Waals surface area contributed by atoms with Gasteiger partial charge in [0.1, 0.15) is 5.82 Å². The van der Waals surface area contributed by atoms with E-state index in [2.05, 4.69) is 39.1 Å². The van der Waals surface area contributed by atoms with Gasteiger partial charge < -0.3 is 10.1 Å². The molecule has 5 heteroatoms. The normalized spacial score (nSPS) is 10.2. The van der Waals surface area contributed by atoms with E-state index < -0.39 is 5.97 Å². The van der Waals surface area contributed by atoms with Gasteiger partial charge in [0.15, 0.2) is 5.69 Å². The summed E-state index contributed by atoms with van der Waals surface area (Å²) in [6.45, 7) is 2.18. The number of nitrogens with zero attached hydrogens (tertiary/aromatic N) is 2. The predicted molar refractivity (Wildman–Crippen MR) is 81.7 cm³/mol. The van der Waals surface area contributed by atoms with Crippen molar-refractivity contribution in [1.82, 2.24) is 9.97 Å². The lowest BCUT2D eigenvalue weighted by Crippen LogP contribution is -2.06. The molecule has 0 aliphatic rings. The molecule has 110 valence electrons. The van der Waals surface area contributed by atoms with E-state index in [1.807, 2.05) is 12.1 Å². The number of benzene rings is 1. The molecule has 0 saturated carbocycles. The number of aryl methyl sites for hydroxylation is 1. The molecule has 0 atom stereocenters. The molecule has 0 fully saturated rings. The van der Waals surface area contributed by atoms with Crippen molar-refractivity contribution in [1.29, 1.82) is 0 Å². The van der Waals surface area contributed by atoms with Gasteiger partial charge in [-0.05, 0) is 30.5 Å². The minimum Gasteiger partial charge on any atom is -0.464 e. The highest BCUT2D eigenvalue weighted by Crippen LogP contribution is 2.16. The lowest BCUT2D eigenvalue weighted by atomic mass is 10.1. The van der Waals surface area contributed by atoms with E-state index in [0.717, 1.165) is 12.1 Å². The second kappa shape index (κ2) is 7.38. The number of ether oxygens (including phenoxy) is 1. The van der Waals surface area contributed by atoms with Gasteiger partial charge in [0.05, 0.1) is 19.5 Å². The SMILES string of the molecule is CCCCc1ccc(Nc2cncc(C(=O)OC)n2)cc1. The summed E-state index contributed by atoms with van der Waals surface area (Å²) in [6, 6.07) is 8.18. The van der Waals surface area contributed by atoms with Gasteiger partial charge in [-0.15, -0.1) is 0 Å². The number of esters is 1. The number of unbranched alkanes of at least 4 members (excludes halogenated alkanes) is 1. The minimum atomic E-state index is -0.499. The molecule has 0 radical (unpaired) electrons. The van der Waals surface area contributed by atoms with Crippen molar-refractivity contribution < 1.29 is 9.53 Å². The predicted octanol–water partition coefficient (Wildman–Crippen LogP) is 3.35. The fourth-order valence-electron chi connectivity index (χ4n) is 1.91. The van der Waals surface area contributed by atoms with Gasteiger partial charge in [0, 0.05) is 5.69 Å². The molecule has 1 aromatic carbocycles. The largest absolute Gasteiger partial charge is 0.464 e. The first-order valence-corrected chi connectivity index (χ1v) is 6.99. The summed E-state index contributed by atoms with van der Waals surface area (Å²) in [7, 11) is 1.32. The van der Waals surface area contributed by atoms with Gasteiger partial charge in [-0.2, -0.15) is 0 Å². The van der Waals surface area contributed by atoms with E-state index in [9.17, 15) is 4.79 Å². The molecule has 21 heavy (non-hydrogen) atoms. The van der Waals surface area contributed by atoms with E-state index in [1.165, 1.54) is 31.7 Å². The van der Waals surface area contributed by atoms with Crippen molar-refractivity contribution in [3.8, 4) is 0 Å². The van der Waals surface area contributed by atoms with Crippen LogP contribution < -0.4 is 5.32 Å². The minimum absolute atomic E-state index is 0.182. The second-order valence-electron chi connectivity index (χ2n) is 4.71. The number of carbonyl (C=O) groups is 1. The third-order valence-electron chi connectivity index (χ3n) is 3.07. The van der Waals surface area contributed by atoms with Gasteiger partial charge in [0.2, 0.25) is 0 Å². The average Bonchev–Trinajstić information content (AvgIpc) is 2.53. The number of rotatable bonds is 6. The molecule has 1 heterocycles. The quantitative estimate of drug-likeness (QED) is 0.825. The van der Waals surface area contributed by atoms with Crippen LogP contribution in [-0.4, -0.2) is 23.0 Å². The average molecular weight is 285 g/mol. The first-order valence-electron chi connectivity index (χ1n) is 6.99. The number of carbonyl (C=O) groups excluding carboxylic acids is 1. The molecule has 2 aromatic rings. The fraction of sp³-hybridized carbons (Fsp3) is 0.312. The first kappa shape index (κ1) is 15.0. The molecule has 1 aromatic heterocycles. The molecule has 0 spiro atoms. The third-order valence-corrected chi connectivity index (χ3v) is 3.07. The van der Waals surface area contributed by atoms with E-state index in [4.69, 9.17) is 0 Å². The van der Waals surface area contributed by atoms with Gasteiger partial charge in [0.25, 0.3) is 0 Å². The van der Waals surface area contributed by atoms with Crippen LogP contribution in [0.3, 0.4) is 0 Å². The summed E-state index contributed by atoms with van der Waals surface area (Å²) in [5.41, 5.74) is 2.41. The molecule has 5 nitrogen and oxygen atoms in total. The zero-order valence-electron chi connectivity index (χ0n) is 12.3. The summed E-state index contributed by atoms with van der Waals surface area (Å²) in [5, 5.41) is 3.13. The molecule has 0 aliphatic carbocycles. The first-order chi connectivity index (χ1) is 10.2. The zero-order chi connectivity index (χ0) is 15.1. The monoisotopic (exact) mass is 285 g/mol. The van der Waals surface area contributed by atoms with Gasteiger partial charge in [-0.3, -0.25) is 4.98 Å². The highest BCUT2D eigenvalue weighted by Gasteiger charge is 2.08. The van der Waals surface area contributed by atoms with Crippen LogP contribution in [0.25, 0.3) is 0 Å². The lowest BCUT2D eigenvalue weighted by Gasteiger charge is -2.07. The maximum atomic E-state index is 11.4. The smallest absolute Gasteiger partial charge is 0.358 e. The van der Waals surface area contributed by atoms with Crippen molar-refractivity contribution in [3.63, 3.8) is 0 Å². The molecular weight excluding hydrogens is 266 g/mol. The van der Waals surface area contributed by atoms with Crippen LogP contribution in [0.2, 0.25) is 0 Å². The standard InChI is InChI=1S/C16H19N3O2/c1-3-4-5-12-6-8-13(9-7-12)18-15-11-17-10-14(19-15)16(20)21-2/h6-11H,3-5H2,1-2H3,(H,18,19). The fourth-order valence-corrected chi connectivity index (χ4v) is 1.91. The number of nitrogens with one attached hydrogen (secondary N) is 1. The Labute approximate surface area is 124 Å². The van der Waals surface area contributed by atoms with Crippen molar-refractivity contribution in [3.05, 3.63) is 47.9 Å². The van der Waals surface area contributed by atoms with Crippen LogP contribution in [0, 0.1) is 0 Å². The Morgan fingerprint density at radius 1 is 1.24 bits per heavy atom. The Bertz CT molecular complexity index is 597. The number of anilines is 2. The van der Waals surface area contributed by atoms with Crippen molar-refractivity contribution in [2.45, 2.75) is 26.2 Å². The van der Waals surface area contributed by atoms with Crippen molar-refractivity contribution in [2.24, 2.45) is 0 Å². The van der Waals surface area contributed by atoms with E-state index in [1.54, 1.807) is 6.20 Å². The highest BCUT2D eigenvalue weighted by molar-refractivity contribution is 5.87. The van der Waals surface area contributed by atoms with Crippen LogP contribution in [0.5, 0.6) is 0 Å². The summed E-state index contributed by atoms with van der Waals surface area (Å²) in [6.07, 6.45) is 6.42. The number of methoxy groups -OCH3 is 1. The summed E-state index contributed by atoms with van der Waals surface area (Å²) < 4.78 is 4.63. The highest BCUT2D eigenvalue weighted by atomic mass is 16.5. The van der Waals surface area contributed by atoms with Crippen LogP contribution in [-0.2, 0) is 11.2 Å². The number of aromatic nitrogens is 2. The molecule has 1 N–H and O–H groups in total. The van der Waals surface area contributed by atoms with Crippen LogP contribution >= 0.6 is 0 Å². The maximum Gasteiger partial charge on any atom is 0.358 e. The Morgan fingerprint density at radius 2 is 2.00 bits per heavy atom. The van der Waals surface area contributed by atoms with Crippen LogP contribution in [0.15, 0.2) is 36.7 Å². The van der Waals surface area contributed by atoms with Gasteiger partial charge >= 0.3 is 5.97 Å². The molecule has 2 rings (SSSR count). The maximum absolute atomic E-state index is 11.4. The molecule has 0 unspecified atom stereocenters. The van der Waals surface area contributed by atoms with Crippen LogP contribution in [0.1, 0.15) is 35.8 Å². The zero-order valence-corrected chi connectivity index (χ0v) is 12.3. The number of hydrogen-bond acceptors (Lipinski definition) is 5. The third kappa shape index (κ3) is 4.27. The number of hydrogen-bond donors (Lipinski definition) is 1. The van der Waals surface area contributed by atoms with Crippen molar-refractivity contribution in [2.75, 3.05) is 12.4 Å². The summed E-state index contributed by atoms with van der Waals surface area (Å²) >= 11 is 0. The Kier molecular flexibility index (Phi) is 5.26. The topological polar surface area (TPSA) is 64.1 Å². The summed E-state index contributed by atoms with van der Waals surface area (Å²) in [5.74, 6) is 0.0141.